The fourth-order valence-corrected chi connectivity index (χ4v) is 1.77. The van der Waals surface area contributed by atoms with Gasteiger partial charge in [-0.15, -0.1) is 0 Å². The van der Waals surface area contributed by atoms with Crippen molar-refractivity contribution in [1.29, 1.82) is 0 Å². The first-order chi connectivity index (χ1) is 7.81. The van der Waals surface area contributed by atoms with Crippen LogP contribution in [0.15, 0.2) is 42.5 Å². The fourth-order valence-electron chi connectivity index (χ4n) is 1.77. The number of carbonyl (C=O) groups is 1. The van der Waals surface area contributed by atoms with Gasteiger partial charge >= 0.3 is 0 Å². The number of hydrogen-bond donors (Lipinski definition) is 1. The summed E-state index contributed by atoms with van der Waals surface area (Å²) in [5, 5.41) is 2.28. The van der Waals surface area contributed by atoms with E-state index in [2.05, 4.69) is 0 Å². The van der Waals surface area contributed by atoms with Crippen molar-refractivity contribution in [3.63, 3.8) is 0 Å². The lowest BCUT2D eigenvalue weighted by atomic mass is 10.0. The molecule has 2 N–H and O–H groups in total. The molecular weight excluding hydrogens is 198 g/mol. The molecule has 0 unspecified atom stereocenters. The number of carbonyl (C=O) groups excluding carboxylic acids is 1. The first-order valence-electron chi connectivity index (χ1n) is 5.53. The van der Waals surface area contributed by atoms with Crippen molar-refractivity contribution < 1.29 is 4.79 Å². The highest BCUT2D eigenvalue weighted by molar-refractivity contribution is 5.99. The van der Waals surface area contributed by atoms with Gasteiger partial charge in [-0.1, -0.05) is 36.4 Å². The summed E-state index contributed by atoms with van der Waals surface area (Å²) in [7, 11) is 0. The summed E-state index contributed by atoms with van der Waals surface area (Å²) in [6.45, 7) is 0.569. The van der Waals surface area contributed by atoms with Crippen molar-refractivity contribution in [2.75, 3.05) is 6.54 Å². The Labute approximate surface area is 95.1 Å². The summed E-state index contributed by atoms with van der Waals surface area (Å²) >= 11 is 0. The number of Topliss-reactive ketones (excluding diaryl/α,β-unsaturated/α-hetero) is 1. The van der Waals surface area contributed by atoms with Gasteiger partial charge in [-0.3, -0.25) is 4.79 Å². The Morgan fingerprint density at radius 3 is 2.56 bits per heavy atom. The SMILES string of the molecule is NCCCC(=O)c1ccc2ccccc2c1. The number of hydrogen-bond acceptors (Lipinski definition) is 2. The molecule has 0 heterocycles. The first-order valence-corrected chi connectivity index (χ1v) is 5.53. The van der Waals surface area contributed by atoms with Crippen LogP contribution in [0.3, 0.4) is 0 Å². The molecule has 0 aliphatic carbocycles. The third kappa shape index (κ3) is 2.28. The molecule has 2 aromatic rings. The Bertz CT molecular complexity index is 505. The van der Waals surface area contributed by atoms with Crippen LogP contribution in [0, 0.1) is 0 Å². The van der Waals surface area contributed by atoms with E-state index in [1.807, 2.05) is 42.5 Å². The molecule has 2 heteroatoms. The highest BCUT2D eigenvalue weighted by Crippen LogP contribution is 2.16. The maximum absolute atomic E-state index is 11.8. The van der Waals surface area contributed by atoms with Gasteiger partial charge in [-0.25, -0.2) is 0 Å². The zero-order valence-electron chi connectivity index (χ0n) is 9.15. The maximum Gasteiger partial charge on any atom is 0.162 e. The van der Waals surface area contributed by atoms with E-state index in [0.717, 1.165) is 22.8 Å². The molecule has 0 spiro atoms. The highest BCUT2D eigenvalue weighted by Gasteiger charge is 2.05. The van der Waals surface area contributed by atoms with Gasteiger partial charge in [0.1, 0.15) is 0 Å². The highest BCUT2D eigenvalue weighted by atomic mass is 16.1. The van der Waals surface area contributed by atoms with E-state index in [-0.39, 0.29) is 5.78 Å². The zero-order valence-corrected chi connectivity index (χ0v) is 9.15. The monoisotopic (exact) mass is 213 g/mol. The van der Waals surface area contributed by atoms with Crippen molar-refractivity contribution in [2.45, 2.75) is 12.8 Å². The third-order valence-electron chi connectivity index (χ3n) is 2.68. The summed E-state index contributed by atoms with van der Waals surface area (Å²) in [4.78, 5) is 11.8. The molecule has 0 saturated carbocycles. The molecule has 2 aromatic carbocycles. The van der Waals surface area contributed by atoms with Crippen LogP contribution in [0.1, 0.15) is 23.2 Å². The Hall–Kier alpha value is -1.67. The van der Waals surface area contributed by atoms with Crippen LogP contribution in [0.25, 0.3) is 10.8 Å². The minimum atomic E-state index is 0.177. The van der Waals surface area contributed by atoms with Crippen LogP contribution >= 0.6 is 0 Å². The second kappa shape index (κ2) is 4.90. The minimum absolute atomic E-state index is 0.177. The van der Waals surface area contributed by atoms with Gasteiger partial charge in [0.25, 0.3) is 0 Å². The Morgan fingerprint density at radius 1 is 1.06 bits per heavy atom. The number of fused-ring (bicyclic) bond motifs is 1. The molecule has 0 radical (unpaired) electrons. The number of rotatable bonds is 4. The second-order valence-electron chi connectivity index (χ2n) is 3.88. The van der Waals surface area contributed by atoms with Crippen molar-refractivity contribution >= 4 is 16.6 Å². The smallest absolute Gasteiger partial charge is 0.162 e. The van der Waals surface area contributed by atoms with Crippen molar-refractivity contribution in [1.82, 2.24) is 0 Å². The molecule has 0 bridgehead atoms. The normalized spacial score (nSPS) is 10.6. The Morgan fingerprint density at radius 2 is 1.81 bits per heavy atom. The fraction of sp³-hybridized carbons (Fsp3) is 0.214. The molecule has 0 saturated heterocycles. The van der Waals surface area contributed by atoms with Gasteiger partial charge < -0.3 is 5.73 Å². The van der Waals surface area contributed by atoms with Crippen LogP contribution < -0.4 is 5.73 Å². The summed E-state index contributed by atoms with van der Waals surface area (Å²) in [6.07, 6.45) is 1.29. The van der Waals surface area contributed by atoms with Gasteiger partial charge in [0.2, 0.25) is 0 Å². The van der Waals surface area contributed by atoms with Crippen LogP contribution in [0.2, 0.25) is 0 Å². The van der Waals surface area contributed by atoms with Gasteiger partial charge in [0.15, 0.2) is 5.78 Å². The zero-order chi connectivity index (χ0) is 11.4. The summed E-state index contributed by atoms with van der Waals surface area (Å²) in [5.74, 6) is 0.177. The Balaban J connectivity index is 2.28. The standard InChI is InChI=1S/C14H15NO/c15-9-3-6-14(16)13-8-7-11-4-1-2-5-12(11)10-13/h1-2,4-5,7-8,10H,3,6,9,15H2. The number of ketones is 1. The quantitative estimate of drug-likeness (QED) is 0.793. The molecule has 82 valence electrons. The molecule has 0 atom stereocenters. The number of benzene rings is 2. The lowest BCUT2D eigenvalue weighted by Gasteiger charge is -2.02. The summed E-state index contributed by atoms with van der Waals surface area (Å²) < 4.78 is 0. The van der Waals surface area contributed by atoms with E-state index in [9.17, 15) is 4.79 Å². The van der Waals surface area contributed by atoms with Gasteiger partial charge in [-0.2, -0.15) is 0 Å². The van der Waals surface area contributed by atoms with E-state index < -0.39 is 0 Å². The molecular formula is C14H15NO. The predicted octanol–water partition coefficient (Wildman–Crippen LogP) is 2.76. The van der Waals surface area contributed by atoms with E-state index in [1.54, 1.807) is 0 Å². The first kappa shape index (κ1) is 10.8. The second-order valence-corrected chi connectivity index (χ2v) is 3.88. The average Bonchev–Trinajstić information content (AvgIpc) is 2.35. The number of nitrogens with two attached hydrogens (primary N) is 1. The molecule has 0 amide bonds. The topological polar surface area (TPSA) is 43.1 Å². The van der Waals surface area contributed by atoms with Crippen LogP contribution in [0.4, 0.5) is 0 Å². The van der Waals surface area contributed by atoms with Crippen LogP contribution in [-0.2, 0) is 0 Å². The van der Waals surface area contributed by atoms with Crippen LogP contribution in [0.5, 0.6) is 0 Å². The van der Waals surface area contributed by atoms with Gasteiger partial charge in [0, 0.05) is 12.0 Å². The van der Waals surface area contributed by atoms with Gasteiger partial charge in [-0.05, 0) is 29.8 Å². The lowest BCUT2D eigenvalue weighted by Crippen LogP contribution is -2.04. The average molecular weight is 213 g/mol. The van der Waals surface area contributed by atoms with E-state index in [4.69, 9.17) is 5.73 Å². The summed E-state index contributed by atoms with van der Waals surface area (Å²) in [5.41, 5.74) is 6.18. The molecule has 0 fully saturated rings. The minimum Gasteiger partial charge on any atom is -0.330 e. The van der Waals surface area contributed by atoms with Crippen LogP contribution in [-0.4, -0.2) is 12.3 Å². The molecule has 16 heavy (non-hydrogen) atoms. The third-order valence-corrected chi connectivity index (χ3v) is 2.68. The molecule has 0 aromatic heterocycles. The summed E-state index contributed by atoms with van der Waals surface area (Å²) in [6, 6.07) is 13.9. The molecule has 0 aliphatic heterocycles. The van der Waals surface area contributed by atoms with Crippen molar-refractivity contribution in [3.05, 3.63) is 48.0 Å². The van der Waals surface area contributed by atoms with E-state index in [1.165, 1.54) is 0 Å². The lowest BCUT2D eigenvalue weighted by molar-refractivity contribution is 0.0981. The van der Waals surface area contributed by atoms with Gasteiger partial charge in [0.05, 0.1) is 0 Å². The Kier molecular flexibility index (Phi) is 3.32. The van der Waals surface area contributed by atoms with Crippen molar-refractivity contribution in [3.8, 4) is 0 Å². The van der Waals surface area contributed by atoms with E-state index >= 15 is 0 Å². The largest absolute Gasteiger partial charge is 0.330 e. The van der Waals surface area contributed by atoms with E-state index in [0.29, 0.717) is 13.0 Å². The maximum atomic E-state index is 11.8. The molecule has 2 rings (SSSR count). The predicted molar refractivity (Wildman–Crippen MR) is 66.6 cm³/mol. The van der Waals surface area contributed by atoms with Crippen molar-refractivity contribution in [2.24, 2.45) is 5.73 Å². The molecule has 0 aliphatic rings. The molecule has 2 nitrogen and oxygen atoms in total.